The molecule has 0 bridgehead atoms. The summed E-state index contributed by atoms with van der Waals surface area (Å²) in [6.07, 6.45) is 3.60. The molecule has 14 heavy (non-hydrogen) atoms. The molecule has 0 saturated heterocycles. The molecule has 0 aromatic carbocycles. The Kier molecular flexibility index (Phi) is 2.79. The molecular weight excluding hydrogens is 176 g/mol. The molecule has 1 saturated carbocycles. The average Bonchev–Trinajstić information content (AvgIpc) is 2.13. The minimum atomic E-state index is -0.0800. The molecule has 0 radical (unpaired) electrons. The first kappa shape index (κ1) is 9.62. The van der Waals surface area contributed by atoms with Crippen molar-refractivity contribution in [3.8, 4) is 0 Å². The zero-order valence-electron chi connectivity index (χ0n) is 8.40. The van der Waals surface area contributed by atoms with Crippen molar-refractivity contribution in [1.82, 2.24) is 10.3 Å². The molecule has 3 nitrogen and oxygen atoms in total. The quantitative estimate of drug-likeness (QED) is 0.751. The van der Waals surface area contributed by atoms with Crippen LogP contribution in [0.15, 0.2) is 18.3 Å². The fourth-order valence-corrected chi connectivity index (χ4v) is 1.62. The van der Waals surface area contributed by atoms with Gasteiger partial charge in [-0.1, -0.05) is 6.07 Å². The molecule has 3 heteroatoms. The Morgan fingerprint density at radius 2 is 2.29 bits per heavy atom. The maximum Gasteiger partial charge on any atom is 0.0570 e. The van der Waals surface area contributed by atoms with Crippen molar-refractivity contribution < 1.29 is 5.11 Å². The summed E-state index contributed by atoms with van der Waals surface area (Å²) < 4.78 is 0. The highest BCUT2D eigenvalue weighted by atomic mass is 16.3. The van der Waals surface area contributed by atoms with Crippen molar-refractivity contribution in [3.63, 3.8) is 0 Å². The van der Waals surface area contributed by atoms with Crippen LogP contribution >= 0.6 is 0 Å². The molecule has 2 N–H and O–H groups in total. The number of nitrogens with one attached hydrogen (secondary N) is 1. The molecule has 2 rings (SSSR count). The standard InChI is InChI=1S/C11H16N2O/c1-8-2-3-9(6-12-8)7-13-10-4-11(14)5-10/h2-3,6,10-11,13-14H,4-5,7H2,1H3. The van der Waals surface area contributed by atoms with Crippen LogP contribution in [0.3, 0.4) is 0 Å². The summed E-state index contributed by atoms with van der Waals surface area (Å²) in [5, 5.41) is 12.5. The van der Waals surface area contributed by atoms with Gasteiger partial charge >= 0.3 is 0 Å². The van der Waals surface area contributed by atoms with E-state index in [1.54, 1.807) is 0 Å². The van der Waals surface area contributed by atoms with E-state index in [0.717, 1.165) is 25.1 Å². The van der Waals surface area contributed by atoms with Crippen molar-refractivity contribution in [1.29, 1.82) is 0 Å². The maximum atomic E-state index is 9.10. The Morgan fingerprint density at radius 3 is 2.86 bits per heavy atom. The lowest BCUT2D eigenvalue weighted by atomic mass is 9.89. The Balaban J connectivity index is 1.78. The van der Waals surface area contributed by atoms with Crippen molar-refractivity contribution in [2.45, 2.75) is 38.5 Å². The highest BCUT2D eigenvalue weighted by Gasteiger charge is 2.26. The van der Waals surface area contributed by atoms with Crippen LogP contribution in [0, 0.1) is 6.92 Å². The number of nitrogens with zero attached hydrogens (tertiary/aromatic N) is 1. The molecule has 0 atom stereocenters. The Bertz CT molecular complexity index is 291. The van der Waals surface area contributed by atoms with Crippen molar-refractivity contribution in [2.24, 2.45) is 0 Å². The first-order chi connectivity index (χ1) is 6.74. The van der Waals surface area contributed by atoms with Crippen LogP contribution in [0.5, 0.6) is 0 Å². The second-order valence-corrected chi connectivity index (χ2v) is 4.01. The molecule has 1 aliphatic carbocycles. The van der Waals surface area contributed by atoms with E-state index in [-0.39, 0.29) is 6.10 Å². The normalized spacial score (nSPS) is 25.9. The van der Waals surface area contributed by atoms with E-state index in [4.69, 9.17) is 5.11 Å². The van der Waals surface area contributed by atoms with Gasteiger partial charge in [-0.05, 0) is 31.4 Å². The summed E-state index contributed by atoms with van der Waals surface area (Å²) in [6.45, 7) is 2.84. The van der Waals surface area contributed by atoms with Crippen LogP contribution < -0.4 is 5.32 Å². The first-order valence-electron chi connectivity index (χ1n) is 5.07. The van der Waals surface area contributed by atoms with Gasteiger partial charge in [-0.2, -0.15) is 0 Å². The molecular formula is C11H16N2O. The van der Waals surface area contributed by atoms with Crippen LogP contribution in [0.25, 0.3) is 0 Å². The van der Waals surface area contributed by atoms with Crippen LogP contribution in [-0.4, -0.2) is 22.2 Å². The second-order valence-electron chi connectivity index (χ2n) is 4.01. The maximum absolute atomic E-state index is 9.10. The summed E-state index contributed by atoms with van der Waals surface area (Å²) in [4.78, 5) is 4.23. The summed E-state index contributed by atoms with van der Waals surface area (Å²) in [6, 6.07) is 4.60. The summed E-state index contributed by atoms with van der Waals surface area (Å²) in [7, 11) is 0. The number of aromatic nitrogens is 1. The van der Waals surface area contributed by atoms with E-state index >= 15 is 0 Å². The van der Waals surface area contributed by atoms with Crippen molar-refractivity contribution in [2.75, 3.05) is 0 Å². The van der Waals surface area contributed by atoms with E-state index in [1.165, 1.54) is 5.56 Å². The van der Waals surface area contributed by atoms with E-state index in [0.29, 0.717) is 6.04 Å². The highest BCUT2D eigenvalue weighted by molar-refractivity contribution is 5.13. The molecule has 0 amide bonds. The Hall–Kier alpha value is -0.930. The third-order valence-electron chi connectivity index (χ3n) is 2.68. The molecule has 0 aliphatic heterocycles. The van der Waals surface area contributed by atoms with Crippen LogP contribution in [0.4, 0.5) is 0 Å². The SMILES string of the molecule is Cc1ccc(CNC2CC(O)C2)cn1. The van der Waals surface area contributed by atoms with E-state index in [1.807, 2.05) is 19.2 Å². The zero-order chi connectivity index (χ0) is 9.97. The van der Waals surface area contributed by atoms with Gasteiger partial charge in [-0.3, -0.25) is 4.98 Å². The van der Waals surface area contributed by atoms with Gasteiger partial charge < -0.3 is 10.4 Å². The van der Waals surface area contributed by atoms with Gasteiger partial charge in [0.25, 0.3) is 0 Å². The van der Waals surface area contributed by atoms with Crippen LogP contribution in [-0.2, 0) is 6.54 Å². The molecule has 1 aromatic heterocycles. The fraction of sp³-hybridized carbons (Fsp3) is 0.545. The second kappa shape index (κ2) is 4.07. The minimum Gasteiger partial charge on any atom is -0.393 e. The predicted molar refractivity (Wildman–Crippen MR) is 54.8 cm³/mol. The van der Waals surface area contributed by atoms with Crippen molar-refractivity contribution in [3.05, 3.63) is 29.6 Å². The van der Waals surface area contributed by atoms with Gasteiger partial charge in [0.15, 0.2) is 0 Å². The largest absolute Gasteiger partial charge is 0.393 e. The lowest BCUT2D eigenvalue weighted by molar-refractivity contribution is 0.0619. The minimum absolute atomic E-state index is 0.0800. The summed E-state index contributed by atoms with van der Waals surface area (Å²) in [5.41, 5.74) is 2.25. The number of rotatable bonds is 3. The van der Waals surface area contributed by atoms with E-state index in [2.05, 4.69) is 16.4 Å². The van der Waals surface area contributed by atoms with Gasteiger partial charge in [0.2, 0.25) is 0 Å². The van der Waals surface area contributed by atoms with Crippen LogP contribution in [0.1, 0.15) is 24.1 Å². The van der Waals surface area contributed by atoms with E-state index in [9.17, 15) is 0 Å². The number of hydrogen-bond donors (Lipinski definition) is 2. The van der Waals surface area contributed by atoms with Gasteiger partial charge in [0.05, 0.1) is 6.10 Å². The number of aliphatic hydroxyl groups is 1. The number of pyridine rings is 1. The number of aryl methyl sites for hydroxylation is 1. The molecule has 0 spiro atoms. The summed E-state index contributed by atoms with van der Waals surface area (Å²) >= 11 is 0. The monoisotopic (exact) mass is 192 g/mol. The predicted octanol–water partition coefficient (Wildman–Crippen LogP) is 1.00. The first-order valence-corrected chi connectivity index (χ1v) is 5.07. The zero-order valence-corrected chi connectivity index (χ0v) is 8.40. The van der Waals surface area contributed by atoms with E-state index < -0.39 is 0 Å². The molecule has 1 aliphatic rings. The van der Waals surface area contributed by atoms with Gasteiger partial charge in [0.1, 0.15) is 0 Å². The van der Waals surface area contributed by atoms with Crippen LogP contribution in [0.2, 0.25) is 0 Å². The van der Waals surface area contributed by atoms with Crippen molar-refractivity contribution >= 4 is 0 Å². The lowest BCUT2D eigenvalue weighted by Crippen LogP contribution is -2.43. The third kappa shape index (κ3) is 2.30. The Labute approximate surface area is 84.2 Å². The third-order valence-corrected chi connectivity index (χ3v) is 2.68. The molecule has 1 fully saturated rings. The topological polar surface area (TPSA) is 45.1 Å². The molecule has 1 aromatic rings. The summed E-state index contributed by atoms with van der Waals surface area (Å²) in [5.74, 6) is 0. The average molecular weight is 192 g/mol. The number of aliphatic hydroxyl groups excluding tert-OH is 1. The fourth-order valence-electron chi connectivity index (χ4n) is 1.62. The lowest BCUT2D eigenvalue weighted by Gasteiger charge is -2.32. The molecule has 0 unspecified atom stereocenters. The number of hydrogen-bond acceptors (Lipinski definition) is 3. The molecule has 76 valence electrons. The highest BCUT2D eigenvalue weighted by Crippen LogP contribution is 2.19. The smallest absolute Gasteiger partial charge is 0.0570 e. The van der Waals surface area contributed by atoms with Gasteiger partial charge in [-0.15, -0.1) is 0 Å². The Morgan fingerprint density at radius 1 is 1.50 bits per heavy atom. The van der Waals surface area contributed by atoms with Gasteiger partial charge in [-0.25, -0.2) is 0 Å². The van der Waals surface area contributed by atoms with Gasteiger partial charge in [0, 0.05) is 24.5 Å². The molecule has 1 heterocycles.